The second-order valence-corrected chi connectivity index (χ2v) is 4.36. The normalized spacial score (nSPS) is 10.0. The van der Waals surface area contributed by atoms with E-state index >= 15 is 0 Å². The number of rotatable bonds is 4. The van der Waals surface area contributed by atoms with Gasteiger partial charge in [0.05, 0.1) is 19.2 Å². The Morgan fingerprint density at radius 1 is 1.10 bits per heavy atom. The van der Waals surface area contributed by atoms with E-state index in [1.807, 2.05) is 30.3 Å². The molecule has 0 aliphatic rings. The van der Waals surface area contributed by atoms with E-state index in [1.165, 1.54) is 12.1 Å². The van der Waals surface area contributed by atoms with E-state index in [9.17, 15) is 14.0 Å². The van der Waals surface area contributed by atoms with E-state index in [-0.39, 0.29) is 23.6 Å². The SMILES string of the molecule is COC(=O)c1c(F)cccc1NC(=O)Cc1ccccc1. The zero-order valence-corrected chi connectivity index (χ0v) is 11.4. The second-order valence-electron chi connectivity index (χ2n) is 4.36. The van der Waals surface area contributed by atoms with Gasteiger partial charge in [0.15, 0.2) is 0 Å². The van der Waals surface area contributed by atoms with Gasteiger partial charge in [-0.2, -0.15) is 0 Å². The number of ether oxygens (including phenoxy) is 1. The van der Waals surface area contributed by atoms with Crippen molar-refractivity contribution < 1.29 is 18.7 Å². The Morgan fingerprint density at radius 2 is 1.81 bits per heavy atom. The molecule has 2 aromatic carbocycles. The molecular formula is C16H14FNO3. The van der Waals surface area contributed by atoms with Crippen molar-refractivity contribution in [1.82, 2.24) is 0 Å². The third-order valence-electron chi connectivity index (χ3n) is 2.88. The van der Waals surface area contributed by atoms with Crippen molar-refractivity contribution in [1.29, 1.82) is 0 Å². The Kier molecular flexibility index (Phi) is 4.66. The number of carbonyl (C=O) groups excluding carboxylic acids is 2. The third kappa shape index (κ3) is 3.66. The van der Waals surface area contributed by atoms with Gasteiger partial charge in [0, 0.05) is 0 Å². The van der Waals surface area contributed by atoms with Gasteiger partial charge in [0.2, 0.25) is 5.91 Å². The van der Waals surface area contributed by atoms with Crippen LogP contribution in [0.15, 0.2) is 48.5 Å². The molecule has 4 nitrogen and oxygen atoms in total. The number of hydrogen-bond donors (Lipinski definition) is 1. The average molecular weight is 287 g/mol. The molecule has 0 aliphatic heterocycles. The first kappa shape index (κ1) is 14.7. The number of amides is 1. The van der Waals surface area contributed by atoms with Crippen molar-refractivity contribution in [2.75, 3.05) is 12.4 Å². The molecule has 5 heteroatoms. The van der Waals surface area contributed by atoms with Crippen LogP contribution in [0.4, 0.5) is 10.1 Å². The smallest absolute Gasteiger partial charge is 0.342 e. The van der Waals surface area contributed by atoms with Crippen molar-refractivity contribution in [3.63, 3.8) is 0 Å². The highest BCUT2D eigenvalue weighted by Gasteiger charge is 2.18. The fourth-order valence-corrected chi connectivity index (χ4v) is 1.91. The first-order valence-electron chi connectivity index (χ1n) is 6.32. The van der Waals surface area contributed by atoms with Gasteiger partial charge in [0.25, 0.3) is 0 Å². The maximum absolute atomic E-state index is 13.7. The van der Waals surface area contributed by atoms with Gasteiger partial charge in [-0.1, -0.05) is 36.4 Å². The number of nitrogens with one attached hydrogen (secondary N) is 1. The summed E-state index contributed by atoms with van der Waals surface area (Å²) in [5.41, 5.74) is 0.648. The Morgan fingerprint density at radius 3 is 2.48 bits per heavy atom. The molecule has 0 spiro atoms. The summed E-state index contributed by atoms with van der Waals surface area (Å²) < 4.78 is 18.2. The predicted octanol–water partition coefficient (Wildman–Crippen LogP) is 2.79. The van der Waals surface area contributed by atoms with Crippen LogP contribution in [0.25, 0.3) is 0 Å². The van der Waals surface area contributed by atoms with Crippen molar-refractivity contribution in [3.05, 3.63) is 65.5 Å². The van der Waals surface area contributed by atoms with Gasteiger partial charge in [0.1, 0.15) is 11.4 Å². The third-order valence-corrected chi connectivity index (χ3v) is 2.88. The Hall–Kier alpha value is -2.69. The number of methoxy groups -OCH3 is 1. The van der Waals surface area contributed by atoms with Crippen LogP contribution in [0.2, 0.25) is 0 Å². The van der Waals surface area contributed by atoms with Gasteiger partial charge in [-0.15, -0.1) is 0 Å². The van der Waals surface area contributed by atoms with E-state index in [4.69, 9.17) is 0 Å². The van der Waals surface area contributed by atoms with Crippen LogP contribution in [-0.4, -0.2) is 19.0 Å². The molecule has 0 aromatic heterocycles. The summed E-state index contributed by atoms with van der Waals surface area (Å²) in [6.45, 7) is 0. The van der Waals surface area contributed by atoms with E-state index in [1.54, 1.807) is 0 Å². The lowest BCUT2D eigenvalue weighted by Gasteiger charge is -2.10. The zero-order chi connectivity index (χ0) is 15.2. The van der Waals surface area contributed by atoms with Gasteiger partial charge in [-0.05, 0) is 17.7 Å². The Labute approximate surface area is 121 Å². The molecule has 1 N–H and O–H groups in total. The molecular weight excluding hydrogens is 273 g/mol. The van der Waals surface area contributed by atoms with Crippen LogP contribution < -0.4 is 5.32 Å². The van der Waals surface area contributed by atoms with Crippen LogP contribution in [0.3, 0.4) is 0 Å². The van der Waals surface area contributed by atoms with Gasteiger partial charge in [-0.25, -0.2) is 9.18 Å². The highest BCUT2D eigenvalue weighted by molar-refractivity contribution is 6.01. The summed E-state index contributed by atoms with van der Waals surface area (Å²) >= 11 is 0. The van der Waals surface area contributed by atoms with Gasteiger partial charge in [-0.3, -0.25) is 4.79 Å². The molecule has 0 heterocycles. The van der Waals surface area contributed by atoms with E-state index in [0.29, 0.717) is 0 Å². The predicted molar refractivity (Wildman–Crippen MR) is 76.5 cm³/mol. The minimum Gasteiger partial charge on any atom is -0.465 e. The van der Waals surface area contributed by atoms with E-state index in [0.717, 1.165) is 18.7 Å². The van der Waals surface area contributed by atoms with E-state index < -0.39 is 11.8 Å². The molecule has 21 heavy (non-hydrogen) atoms. The van der Waals surface area contributed by atoms with Crippen molar-refractivity contribution >= 4 is 17.6 Å². The molecule has 0 saturated heterocycles. The maximum atomic E-state index is 13.7. The highest BCUT2D eigenvalue weighted by atomic mass is 19.1. The number of carbonyl (C=O) groups is 2. The molecule has 0 fully saturated rings. The highest BCUT2D eigenvalue weighted by Crippen LogP contribution is 2.20. The zero-order valence-electron chi connectivity index (χ0n) is 11.4. The monoisotopic (exact) mass is 287 g/mol. The molecule has 0 aliphatic carbocycles. The molecule has 0 bridgehead atoms. The lowest BCUT2D eigenvalue weighted by atomic mass is 10.1. The van der Waals surface area contributed by atoms with Crippen LogP contribution in [0.5, 0.6) is 0 Å². The number of anilines is 1. The maximum Gasteiger partial charge on any atom is 0.342 e. The fraction of sp³-hybridized carbons (Fsp3) is 0.125. The number of halogens is 1. The number of benzene rings is 2. The molecule has 0 unspecified atom stereocenters. The second kappa shape index (κ2) is 6.65. The summed E-state index contributed by atoms with van der Waals surface area (Å²) in [5, 5.41) is 2.54. The summed E-state index contributed by atoms with van der Waals surface area (Å²) in [6, 6.07) is 13.1. The standard InChI is InChI=1S/C16H14FNO3/c1-21-16(20)15-12(17)8-5-9-13(15)18-14(19)10-11-6-3-2-4-7-11/h2-9H,10H2,1H3,(H,18,19). The quantitative estimate of drug-likeness (QED) is 0.880. The van der Waals surface area contributed by atoms with Crippen LogP contribution >= 0.6 is 0 Å². The molecule has 1 amide bonds. The molecule has 0 atom stereocenters. The first-order valence-corrected chi connectivity index (χ1v) is 6.32. The molecule has 0 saturated carbocycles. The van der Waals surface area contributed by atoms with Crippen molar-refractivity contribution in [3.8, 4) is 0 Å². The average Bonchev–Trinajstić information content (AvgIpc) is 2.47. The summed E-state index contributed by atoms with van der Waals surface area (Å²) in [7, 11) is 1.16. The molecule has 0 radical (unpaired) electrons. The van der Waals surface area contributed by atoms with Crippen LogP contribution in [0.1, 0.15) is 15.9 Å². The molecule has 2 aromatic rings. The number of hydrogen-bond acceptors (Lipinski definition) is 3. The van der Waals surface area contributed by atoms with Crippen LogP contribution in [0, 0.1) is 5.82 Å². The van der Waals surface area contributed by atoms with E-state index in [2.05, 4.69) is 10.1 Å². The van der Waals surface area contributed by atoms with Crippen molar-refractivity contribution in [2.24, 2.45) is 0 Å². The minimum atomic E-state index is -0.830. The molecule has 2 rings (SSSR count). The summed E-state index contributed by atoms with van der Waals surface area (Å²) in [4.78, 5) is 23.6. The Bertz CT molecular complexity index is 656. The fourth-order valence-electron chi connectivity index (χ4n) is 1.91. The summed E-state index contributed by atoms with van der Waals surface area (Å²) in [5.74, 6) is -1.90. The Balaban J connectivity index is 2.18. The first-order chi connectivity index (χ1) is 10.1. The van der Waals surface area contributed by atoms with Gasteiger partial charge >= 0.3 is 5.97 Å². The topological polar surface area (TPSA) is 55.4 Å². The van der Waals surface area contributed by atoms with Crippen LogP contribution in [-0.2, 0) is 16.0 Å². The lowest BCUT2D eigenvalue weighted by Crippen LogP contribution is -2.18. The van der Waals surface area contributed by atoms with Crippen molar-refractivity contribution in [2.45, 2.75) is 6.42 Å². The minimum absolute atomic E-state index is 0.0998. The molecule has 108 valence electrons. The lowest BCUT2D eigenvalue weighted by molar-refractivity contribution is -0.115. The van der Waals surface area contributed by atoms with Gasteiger partial charge < -0.3 is 10.1 Å². The largest absolute Gasteiger partial charge is 0.465 e. The summed E-state index contributed by atoms with van der Waals surface area (Å²) in [6.07, 6.45) is 0.137. The number of esters is 1.